The number of fused-ring (bicyclic) bond motifs is 3. The van der Waals surface area contributed by atoms with Crippen molar-refractivity contribution in [2.24, 2.45) is 10.8 Å². The molecule has 3 aliphatic carbocycles. The Kier molecular flexibility index (Phi) is 2.78. The molecule has 3 fully saturated rings. The van der Waals surface area contributed by atoms with Crippen molar-refractivity contribution >= 4 is 14.4 Å². The number of aldehydes is 1. The van der Waals surface area contributed by atoms with E-state index in [1.165, 1.54) is 6.29 Å². The van der Waals surface area contributed by atoms with Gasteiger partial charge in [-0.3, -0.25) is 0 Å². The monoisotopic (exact) mass is 234 g/mol. The first kappa shape index (κ1) is 11.9. The molecule has 0 aliphatic heterocycles. The van der Waals surface area contributed by atoms with Crippen LogP contribution in [0.5, 0.6) is 0 Å². The summed E-state index contributed by atoms with van der Waals surface area (Å²) in [5.74, 6) is 3.60. The largest absolute Gasteiger partial charge is 0.303 e. The van der Waals surface area contributed by atoms with Gasteiger partial charge >= 0.3 is 0 Å². The van der Waals surface area contributed by atoms with Crippen molar-refractivity contribution in [2.75, 3.05) is 0 Å². The molecule has 0 aromatic carbocycles. The van der Waals surface area contributed by atoms with E-state index in [-0.39, 0.29) is 10.8 Å². The van der Waals surface area contributed by atoms with Gasteiger partial charge in [0.05, 0.1) is 0 Å². The lowest BCUT2D eigenvalue weighted by molar-refractivity contribution is -0.122. The summed E-state index contributed by atoms with van der Waals surface area (Å²) in [4.78, 5) is 11.1. The number of hydrogen-bond donors (Lipinski definition) is 0. The quantitative estimate of drug-likeness (QED) is 0.386. The van der Waals surface area contributed by atoms with Crippen LogP contribution in [0.3, 0.4) is 0 Å². The second-order valence-corrected chi connectivity index (χ2v) is 11.5. The summed E-state index contributed by atoms with van der Waals surface area (Å²) in [6.45, 7) is 6.91. The van der Waals surface area contributed by atoms with Gasteiger partial charge in [0.25, 0.3) is 0 Å². The van der Waals surface area contributed by atoms with Crippen LogP contribution in [0.2, 0.25) is 19.6 Å². The fourth-order valence-electron chi connectivity index (χ4n) is 2.90. The predicted molar refractivity (Wildman–Crippen MR) is 69.8 cm³/mol. The lowest BCUT2D eigenvalue weighted by Gasteiger charge is -2.48. The Bertz CT molecular complexity index is 329. The van der Waals surface area contributed by atoms with E-state index >= 15 is 0 Å². The van der Waals surface area contributed by atoms with E-state index in [1.54, 1.807) is 0 Å². The third-order valence-electron chi connectivity index (χ3n) is 4.26. The molecule has 3 rings (SSSR count). The maximum Gasteiger partial charge on any atom is 0.129 e. The number of rotatable bonds is 1. The molecule has 0 spiro atoms. The zero-order valence-corrected chi connectivity index (χ0v) is 11.7. The molecule has 0 radical (unpaired) electrons. The van der Waals surface area contributed by atoms with E-state index in [9.17, 15) is 4.79 Å². The highest BCUT2D eigenvalue weighted by molar-refractivity contribution is 6.83. The van der Waals surface area contributed by atoms with E-state index in [0.717, 1.165) is 38.5 Å². The van der Waals surface area contributed by atoms with E-state index in [1.807, 2.05) is 0 Å². The molecule has 3 saturated carbocycles. The average molecular weight is 234 g/mol. The molecular weight excluding hydrogens is 212 g/mol. The summed E-state index contributed by atoms with van der Waals surface area (Å²) in [6, 6.07) is 0. The second-order valence-electron chi connectivity index (χ2n) is 6.76. The van der Waals surface area contributed by atoms with Gasteiger partial charge in [-0.25, -0.2) is 0 Å². The molecule has 0 atom stereocenters. The molecule has 0 aromatic rings. The maximum atomic E-state index is 11.1. The van der Waals surface area contributed by atoms with Gasteiger partial charge in [0.15, 0.2) is 0 Å². The molecule has 0 saturated heterocycles. The first-order chi connectivity index (χ1) is 7.39. The zero-order valence-electron chi connectivity index (χ0n) is 10.7. The zero-order chi connectivity index (χ0) is 11.9. The molecule has 16 heavy (non-hydrogen) atoms. The third kappa shape index (κ3) is 2.25. The van der Waals surface area contributed by atoms with Gasteiger partial charge in [-0.1, -0.05) is 19.6 Å². The molecule has 2 bridgehead atoms. The SMILES string of the molecule is C[Si](C)(C)C#CC12CCC(C=O)(CC1)CC2. The molecule has 0 heterocycles. The molecule has 0 N–H and O–H groups in total. The molecule has 0 amide bonds. The normalized spacial score (nSPS) is 37.7. The molecule has 1 nitrogen and oxygen atoms in total. The molecule has 0 aromatic heterocycles. The van der Waals surface area contributed by atoms with Crippen molar-refractivity contribution < 1.29 is 4.79 Å². The standard InChI is InChI=1S/C14H22OSi/c1-16(2,3)11-10-13-4-7-14(12-15,8-5-13)9-6-13/h12H,4-9H2,1-3H3. The Labute approximate surface area is 100 Å². The van der Waals surface area contributed by atoms with Crippen LogP contribution in [-0.4, -0.2) is 14.4 Å². The van der Waals surface area contributed by atoms with Gasteiger partial charge in [-0.2, -0.15) is 0 Å². The summed E-state index contributed by atoms with van der Waals surface area (Å²) in [6.07, 6.45) is 7.93. The predicted octanol–water partition coefficient (Wildman–Crippen LogP) is 3.41. The van der Waals surface area contributed by atoms with Gasteiger partial charge in [0, 0.05) is 10.8 Å². The average Bonchev–Trinajstić information content (AvgIpc) is 2.28. The highest BCUT2D eigenvalue weighted by Gasteiger charge is 2.47. The molecule has 3 aliphatic rings. The van der Waals surface area contributed by atoms with Crippen LogP contribution < -0.4 is 0 Å². The van der Waals surface area contributed by atoms with E-state index < -0.39 is 8.07 Å². The third-order valence-corrected chi connectivity index (χ3v) is 5.13. The van der Waals surface area contributed by atoms with Crippen LogP contribution in [-0.2, 0) is 4.79 Å². The van der Waals surface area contributed by atoms with Crippen molar-refractivity contribution in [1.29, 1.82) is 0 Å². The van der Waals surface area contributed by atoms with E-state index in [2.05, 4.69) is 31.1 Å². The van der Waals surface area contributed by atoms with Crippen LogP contribution in [0.15, 0.2) is 0 Å². The second kappa shape index (κ2) is 3.73. The van der Waals surface area contributed by atoms with Crippen molar-refractivity contribution in [2.45, 2.75) is 58.2 Å². The van der Waals surface area contributed by atoms with Gasteiger partial charge in [-0.15, -0.1) is 11.5 Å². The fourth-order valence-corrected chi connectivity index (χ4v) is 3.54. The van der Waals surface area contributed by atoms with Gasteiger partial charge < -0.3 is 4.79 Å². The van der Waals surface area contributed by atoms with E-state index in [0.29, 0.717) is 0 Å². The lowest BCUT2D eigenvalue weighted by atomic mass is 9.54. The summed E-state index contributed by atoms with van der Waals surface area (Å²) in [5, 5.41) is 0. The first-order valence-electron chi connectivity index (χ1n) is 6.40. The molecule has 0 unspecified atom stereocenters. The summed E-state index contributed by atoms with van der Waals surface area (Å²) < 4.78 is 0. The summed E-state index contributed by atoms with van der Waals surface area (Å²) >= 11 is 0. The van der Waals surface area contributed by atoms with Crippen LogP contribution >= 0.6 is 0 Å². The van der Waals surface area contributed by atoms with Gasteiger partial charge in [0.1, 0.15) is 14.4 Å². The fraction of sp³-hybridized carbons (Fsp3) is 0.786. The lowest BCUT2D eigenvalue weighted by Crippen LogP contribution is -2.41. The summed E-state index contributed by atoms with van der Waals surface area (Å²) in [5.41, 5.74) is 3.87. The number of carbonyl (C=O) groups excluding carboxylic acids is 1. The van der Waals surface area contributed by atoms with Crippen LogP contribution in [0, 0.1) is 22.3 Å². The molecular formula is C14H22OSi. The Balaban J connectivity index is 2.13. The Morgan fingerprint density at radius 3 is 1.88 bits per heavy atom. The molecule has 88 valence electrons. The Morgan fingerprint density at radius 1 is 1.00 bits per heavy atom. The smallest absolute Gasteiger partial charge is 0.129 e. The topological polar surface area (TPSA) is 17.1 Å². The van der Waals surface area contributed by atoms with Gasteiger partial charge in [0.2, 0.25) is 0 Å². The molecule has 2 heteroatoms. The minimum atomic E-state index is -1.24. The number of carbonyl (C=O) groups is 1. The van der Waals surface area contributed by atoms with Gasteiger partial charge in [-0.05, 0) is 38.5 Å². The van der Waals surface area contributed by atoms with Crippen molar-refractivity contribution in [1.82, 2.24) is 0 Å². The van der Waals surface area contributed by atoms with E-state index in [4.69, 9.17) is 0 Å². The maximum absolute atomic E-state index is 11.1. The number of hydrogen-bond acceptors (Lipinski definition) is 1. The first-order valence-corrected chi connectivity index (χ1v) is 9.90. The van der Waals surface area contributed by atoms with Crippen molar-refractivity contribution in [3.05, 3.63) is 0 Å². The highest BCUT2D eigenvalue weighted by atomic mass is 28.3. The summed E-state index contributed by atoms with van der Waals surface area (Å²) in [7, 11) is -1.24. The highest BCUT2D eigenvalue weighted by Crippen LogP contribution is 2.55. The van der Waals surface area contributed by atoms with Crippen LogP contribution in [0.25, 0.3) is 0 Å². The minimum absolute atomic E-state index is 0.0442. The van der Waals surface area contributed by atoms with Crippen molar-refractivity contribution in [3.63, 3.8) is 0 Å². The minimum Gasteiger partial charge on any atom is -0.303 e. The Morgan fingerprint density at radius 2 is 1.50 bits per heavy atom. The van der Waals surface area contributed by atoms with Crippen molar-refractivity contribution in [3.8, 4) is 11.5 Å². The van der Waals surface area contributed by atoms with Crippen LogP contribution in [0.4, 0.5) is 0 Å². The Hall–Kier alpha value is -0.553. The van der Waals surface area contributed by atoms with Crippen LogP contribution in [0.1, 0.15) is 38.5 Å².